The van der Waals surface area contributed by atoms with Gasteiger partial charge < -0.3 is 5.11 Å². The molecule has 21 heavy (non-hydrogen) atoms. The normalized spacial score (nSPS) is 10.6. The van der Waals surface area contributed by atoms with Gasteiger partial charge in [0, 0.05) is 11.6 Å². The molecule has 3 heteroatoms. The smallest absolute Gasteiger partial charge is 0.145 e. The van der Waals surface area contributed by atoms with E-state index in [0.29, 0.717) is 5.56 Å². The molecule has 0 bridgehead atoms. The first-order valence-electron chi connectivity index (χ1n) is 6.49. The molecule has 3 aromatic carbocycles. The summed E-state index contributed by atoms with van der Waals surface area (Å²) < 4.78 is 13.3. The van der Waals surface area contributed by atoms with Crippen LogP contribution < -0.4 is 0 Å². The number of rotatable bonds is 2. The SMILES string of the molecule is Oc1cc(F)c(Cl)cc1-c1ccc(-c2ccccc2)cc1. The summed E-state index contributed by atoms with van der Waals surface area (Å²) >= 11 is 5.78. The summed E-state index contributed by atoms with van der Waals surface area (Å²) in [7, 11) is 0. The summed E-state index contributed by atoms with van der Waals surface area (Å²) in [5.74, 6) is -0.747. The lowest BCUT2D eigenvalue weighted by Crippen LogP contribution is -1.84. The van der Waals surface area contributed by atoms with E-state index in [1.807, 2.05) is 54.6 Å². The van der Waals surface area contributed by atoms with E-state index >= 15 is 0 Å². The summed E-state index contributed by atoms with van der Waals surface area (Å²) in [4.78, 5) is 0. The van der Waals surface area contributed by atoms with Crippen molar-refractivity contribution in [1.82, 2.24) is 0 Å². The molecule has 0 aliphatic heterocycles. The maximum Gasteiger partial charge on any atom is 0.145 e. The Morgan fingerprint density at radius 3 is 2.00 bits per heavy atom. The average Bonchev–Trinajstić information content (AvgIpc) is 2.52. The van der Waals surface area contributed by atoms with Gasteiger partial charge in [-0.2, -0.15) is 0 Å². The average molecular weight is 299 g/mol. The topological polar surface area (TPSA) is 20.2 Å². The zero-order valence-electron chi connectivity index (χ0n) is 11.1. The van der Waals surface area contributed by atoms with Gasteiger partial charge in [0.1, 0.15) is 11.6 Å². The van der Waals surface area contributed by atoms with Gasteiger partial charge in [-0.3, -0.25) is 0 Å². The van der Waals surface area contributed by atoms with Gasteiger partial charge in [-0.15, -0.1) is 0 Å². The molecule has 1 N–H and O–H groups in total. The summed E-state index contributed by atoms with van der Waals surface area (Å²) in [6, 6.07) is 20.1. The lowest BCUT2D eigenvalue weighted by Gasteiger charge is -2.08. The zero-order chi connectivity index (χ0) is 14.8. The predicted octanol–water partition coefficient (Wildman–Crippen LogP) is 5.52. The van der Waals surface area contributed by atoms with Crippen LogP contribution in [0.4, 0.5) is 4.39 Å². The first-order valence-corrected chi connectivity index (χ1v) is 6.87. The van der Waals surface area contributed by atoms with E-state index in [-0.39, 0.29) is 10.8 Å². The van der Waals surface area contributed by atoms with Gasteiger partial charge in [-0.1, -0.05) is 66.2 Å². The van der Waals surface area contributed by atoms with Gasteiger partial charge >= 0.3 is 0 Å². The Labute approximate surface area is 127 Å². The lowest BCUT2D eigenvalue weighted by atomic mass is 10.00. The Hall–Kier alpha value is -2.32. The van der Waals surface area contributed by atoms with Crippen molar-refractivity contribution >= 4 is 11.6 Å². The second-order valence-electron chi connectivity index (χ2n) is 4.73. The van der Waals surface area contributed by atoms with Gasteiger partial charge in [0.25, 0.3) is 0 Å². The Kier molecular flexibility index (Phi) is 3.63. The number of hydrogen-bond donors (Lipinski definition) is 1. The molecular weight excluding hydrogens is 287 g/mol. The van der Waals surface area contributed by atoms with Crippen LogP contribution in [0.15, 0.2) is 66.7 Å². The van der Waals surface area contributed by atoms with Crippen molar-refractivity contribution in [2.24, 2.45) is 0 Å². The number of phenols is 1. The summed E-state index contributed by atoms with van der Waals surface area (Å²) in [5, 5.41) is 9.85. The highest BCUT2D eigenvalue weighted by atomic mass is 35.5. The number of phenolic OH excluding ortho intramolecular Hbond substituents is 1. The fraction of sp³-hybridized carbons (Fsp3) is 0. The van der Waals surface area contributed by atoms with E-state index in [1.54, 1.807) is 0 Å². The molecule has 0 heterocycles. The molecule has 0 aliphatic rings. The van der Waals surface area contributed by atoms with E-state index in [9.17, 15) is 9.50 Å². The fourth-order valence-electron chi connectivity index (χ4n) is 2.24. The van der Waals surface area contributed by atoms with Gasteiger partial charge in [-0.25, -0.2) is 4.39 Å². The molecule has 3 rings (SSSR count). The van der Waals surface area contributed by atoms with Crippen molar-refractivity contribution in [2.75, 3.05) is 0 Å². The van der Waals surface area contributed by atoms with Gasteiger partial charge in [0.05, 0.1) is 5.02 Å². The second-order valence-corrected chi connectivity index (χ2v) is 5.13. The van der Waals surface area contributed by atoms with Crippen molar-refractivity contribution in [3.63, 3.8) is 0 Å². The Bertz CT molecular complexity index is 767. The standard InChI is InChI=1S/C18H12ClFO/c19-16-10-15(18(21)11-17(16)20)14-8-6-13(7-9-14)12-4-2-1-3-5-12/h1-11,21H. The second kappa shape index (κ2) is 5.58. The number of halogens is 2. The monoisotopic (exact) mass is 298 g/mol. The van der Waals surface area contributed by atoms with Gasteiger partial charge in [0.2, 0.25) is 0 Å². The van der Waals surface area contributed by atoms with E-state index in [2.05, 4.69) is 0 Å². The Balaban J connectivity index is 2.00. The van der Waals surface area contributed by atoms with Crippen LogP contribution in [0.5, 0.6) is 5.75 Å². The molecular formula is C18H12ClFO. The van der Waals surface area contributed by atoms with Crippen LogP contribution in [0, 0.1) is 5.82 Å². The van der Waals surface area contributed by atoms with Crippen molar-refractivity contribution in [1.29, 1.82) is 0 Å². The largest absolute Gasteiger partial charge is 0.507 e. The third kappa shape index (κ3) is 2.76. The molecule has 0 unspecified atom stereocenters. The van der Waals surface area contributed by atoms with Crippen molar-refractivity contribution < 1.29 is 9.50 Å². The fourth-order valence-corrected chi connectivity index (χ4v) is 2.40. The molecule has 3 aromatic rings. The first-order chi connectivity index (χ1) is 10.1. The molecule has 0 amide bonds. The quantitative estimate of drug-likeness (QED) is 0.660. The highest BCUT2D eigenvalue weighted by molar-refractivity contribution is 6.31. The molecule has 104 valence electrons. The summed E-state index contributed by atoms with van der Waals surface area (Å²) in [6.45, 7) is 0. The van der Waals surface area contributed by atoms with Crippen molar-refractivity contribution in [3.8, 4) is 28.0 Å². The lowest BCUT2D eigenvalue weighted by molar-refractivity contribution is 0.471. The van der Waals surface area contributed by atoms with E-state index in [1.165, 1.54) is 6.07 Å². The minimum atomic E-state index is -0.626. The van der Waals surface area contributed by atoms with E-state index in [4.69, 9.17) is 11.6 Å². The molecule has 0 atom stereocenters. The number of benzene rings is 3. The zero-order valence-corrected chi connectivity index (χ0v) is 11.8. The van der Waals surface area contributed by atoms with Gasteiger partial charge in [0.15, 0.2) is 0 Å². The first kappa shape index (κ1) is 13.7. The molecule has 0 radical (unpaired) electrons. The maximum atomic E-state index is 13.3. The molecule has 0 aliphatic carbocycles. The van der Waals surface area contributed by atoms with Crippen LogP contribution in [0.3, 0.4) is 0 Å². The minimum absolute atomic E-state index is 0.00469. The van der Waals surface area contributed by atoms with Crippen molar-refractivity contribution in [2.45, 2.75) is 0 Å². The van der Waals surface area contributed by atoms with Crippen LogP contribution in [-0.2, 0) is 0 Å². The van der Waals surface area contributed by atoms with Crippen LogP contribution in [0.2, 0.25) is 5.02 Å². The molecule has 0 fully saturated rings. The summed E-state index contributed by atoms with van der Waals surface area (Å²) in [5.41, 5.74) is 3.49. The Morgan fingerprint density at radius 1 is 0.762 bits per heavy atom. The molecule has 1 nitrogen and oxygen atoms in total. The minimum Gasteiger partial charge on any atom is -0.507 e. The van der Waals surface area contributed by atoms with Crippen LogP contribution in [-0.4, -0.2) is 5.11 Å². The van der Waals surface area contributed by atoms with E-state index in [0.717, 1.165) is 22.8 Å². The maximum absolute atomic E-state index is 13.3. The molecule has 0 spiro atoms. The van der Waals surface area contributed by atoms with Crippen LogP contribution >= 0.6 is 11.6 Å². The van der Waals surface area contributed by atoms with Crippen LogP contribution in [0.1, 0.15) is 0 Å². The van der Waals surface area contributed by atoms with Gasteiger partial charge in [-0.05, 0) is 22.8 Å². The van der Waals surface area contributed by atoms with Crippen LogP contribution in [0.25, 0.3) is 22.3 Å². The third-order valence-corrected chi connectivity index (χ3v) is 3.63. The summed E-state index contributed by atoms with van der Waals surface area (Å²) in [6.07, 6.45) is 0. The molecule has 0 aromatic heterocycles. The van der Waals surface area contributed by atoms with Crippen molar-refractivity contribution in [3.05, 3.63) is 77.6 Å². The molecule has 0 saturated carbocycles. The number of aromatic hydroxyl groups is 1. The number of hydrogen-bond acceptors (Lipinski definition) is 1. The predicted molar refractivity (Wildman–Crippen MR) is 83.9 cm³/mol. The highest BCUT2D eigenvalue weighted by Gasteiger charge is 2.09. The van der Waals surface area contributed by atoms with E-state index < -0.39 is 5.82 Å². The third-order valence-electron chi connectivity index (χ3n) is 3.34. The molecule has 0 saturated heterocycles. The Morgan fingerprint density at radius 2 is 1.33 bits per heavy atom. The highest BCUT2D eigenvalue weighted by Crippen LogP contribution is 2.34.